The van der Waals surface area contributed by atoms with E-state index in [0.29, 0.717) is 26.1 Å². The van der Waals surface area contributed by atoms with Gasteiger partial charge in [0.1, 0.15) is 0 Å². The molecule has 0 aromatic carbocycles. The SMILES string of the molecule is COC(=O)N1CC(CCO)CC(NCCO)C1. The molecular formula is C11H22N2O4. The Bertz CT molecular complexity index is 238. The molecule has 0 aromatic heterocycles. The van der Waals surface area contributed by atoms with E-state index in [0.717, 1.165) is 6.42 Å². The normalized spacial score (nSPS) is 24.8. The summed E-state index contributed by atoms with van der Waals surface area (Å²) in [7, 11) is 1.37. The third kappa shape index (κ3) is 4.49. The highest BCUT2D eigenvalue weighted by atomic mass is 16.5. The predicted molar refractivity (Wildman–Crippen MR) is 62.7 cm³/mol. The number of carbonyl (C=O) groups excluding carboxylic acids is 1. The standard InChI is InChI=1S/C11H22N2O4/c1-17-11(16)13-7-9(2-4-14)6-10(8-13)12-3-5-15/h9-10,12,14-15H,2-8H2,1H3. The first-order valence-corrected chi connectivity index (χ1v) is 5.99. The zero-order valence-corrected chi connectivity index (χ0v) is 10.3. The molecule has 1 saturated heterocycles. The van der Waals surface area contributed by atoms with Crippen LogP contribution in [0.1, 0.15) is 12.8 Å². The lowest BCUT2D eigenvalue weighted by Crippen LogP contribution is -2.51. The first kappa shape index (κ1) is 14.2. The number of hydrogen-bond donors (Lipinski definition) is 3. The average molecular weight is 246 g/mol. The lowest BCUT2D eigenvalue weighted by Gasteiger charge is -2.37. The summed E-state index contributed by atoms with van der Waals surface area (Å²) in [5.41, 5.74) is 0. The summed E-state index contributed by atoms with van der Waals surface area (Å²) in [6, 6.07) is 0.159. The molecule has 1 amide bonds. The van der Waals surface area contributed by atoms with E-state index in [1.807, 2.05) is 0 Å². The molecule has 1 heterocycles. The molecule has 1 fully saturated rings. The van der Waals surface area contributed by atoms with Crippen LogP contribution in [0.25, 0.3) is 0 Å². The molecule has 0 aliphatic carbocycles. The van der Waals surface area contributed by atoms with Crippen LogP contribution in [0.15, 0.2) is 0 Å². The number of nitrogens with zero attached hydrogens (tertiary/aromatic N) is 1. The number of nitrogens with one attached hydrogen (secondary N) is 1. The molecule has 1 aliphatic heterocycles. The van der Waals surface area contributed by atoms with E-state index in [4.69, 9.17) is 14.9 Å². The number of rotatable bonds is 5. The smallest absolute Gasteiger partial charge is 0.409 e. The molecule has 0 aromatic rings. The number of aliphatic hydroxyl groups excluding tert-OH is 2. The van der Waals surface area contributed by atoms with E-state index in [-0.39, 0.29) is 31.3 Å². The fourth-order valence-corrected chi connectivity index (χ4v) is 2.29. The van der Waals surface area contributed by atoms with Crippen molar-refractivity contribution in [1.29, 1.82) is 0 Å². The fraction of sp³-hybridized carbons (Fsp3) is 0.909. The van der Waals surface area contributed by atoms with Gasteiger partial charge < -0.3 is 25.2 Å². The molecule has 0 saturated carbocycles. The van der Waals surface area contributed by atoms with Gasteiger partial charge in [0, 0.05) is 32.3 Å². The molecule has 6 heteroatoms. The van der Waals surface area contributed by atoms with Gasteiger partial charge in [-0.25, -0.2) is 4.79 Å². The Labute approximate surface area is 102 Å². The van der Waals surface area contributed by atoms with E-state index in [1.165, 1.54) is 7.11 Å². The third-order valence-corrected chi connectivity index (χ3v) is 3.05. The Morgan fingerprint density at radius 2 is 2.18 bits per heavy atom. The zero-order chi connectivity index (χ0) is 12.7. The van der Waals surface area contributed by atoms with Crippen molar-refractivity contribution in [2.45, 2.75) is 18.9 Å². The summed E-state index contributed by atoms with van der Waals surface area (Å²) in [5.74, 6) is 0.282. The van der Waals surface area contributed by atoms with Gasteiger partial charge in [0.2, 0.25) is 0 Å². The molecule has 0 bridgehead atoms. The van der Waals surface area contributed by atoms with Crippen LogP contribution in [0.5, 0.6) is 0 Å². The van der Waals surface area contributed by atoms with Crippen molar-refractivity contribution in [2.75, 3.05) is 40.0 Å². The van der Waals surface area contributed by atoms with Gasteiger partial charge in [-0.15, -0.1) is 0 Å². The first-order valence-electron chi connectivity index (χ1n) is 5.99. The van der Waals surface area contributed by atoms with Gasteiger partial charge in [-0.05, 0) is 18.8 Å². The monoisotopic (exact) mass is 246 g/mol. The number of methoxy groups -OCH3 is 1. The molecule has 2 atom stereocenters. The van der Waals surface area contributed by atoms with Crippen LogP contribution in [0, 0.1) is 5.92 Å². The summed E-state index contributed by atoms with van der Waals surface area (Å²) in [4.78, 5) is 13.2. The summed E-state index contributed by atoms with van der Waals surface area (Å²) < 4.78 is 4.72. The Morgan fingerprint density at radius 3 is 2.76 bits per heavy atom. The van der Waals surface area contributed by atoms with Crippen LogP contribution in [0.3, 0.4) is 0 Å². The fourth-order valence-electron chi connectivity index (χ4n) is 2.29. The van der Waals surface area contributed by atoms with E-state index >= 15 is 0 Å². The largest absolute Gasteiger partial charge is 0.453 e. The van der Waals surface area contributed by atoms with Gasteiger partial charge in [-0.1, -0.05) is 0 Å². The number of ether oxygens (including phenoxy) is 1. The number of aliphatic hydroxyl groups is 2. The molecule has 1 rings (SSSR count). The Kier molecular flexibility index (Phi) is 6.25. The van der Waals surface area contributed by atoms with Gasteiger partial charge in [0.05, 0.1) is 13.7 Å². The number of piperidine rings is 1. The van der Waals surface area contributed by atoms with Crippen LogP contribution in [-0.4, -0.2) is 67.2 Å². The minimum Gasteiger partial charge on any atom is -0.453 e. The molecule has 0 radical (unpaired) electrons. The molecule has 3 N–H and O–H groups in total. The highest BCUT2D eigenvalue weighted by molar-refractivity contribution is 5.67. The number of carbonyl (C=O) groups is 1. The maximum atomic E-state index is 11.5. The van der Waals surface area contributed by atoms with Crippen molar-refractivity contribution >= 4 is 6.09 Å². The number of likely N-dealkylation sites (tertiary alicyclic amines) is 1. The van der Waals surface area contributed by atoms with Crippen LogP contribution in [0.2, 0.25) is 0 Å². The van der Waals surface area contributed by atoms with E-state index in [2.05, 4.69) is 5.32 Å². The lowest BCUT2D eigenvalue weighted by molar-refractivity contribution is 0.0834. The van der Waals surface area contributed by atoms with Crippen molar-refractivity contribution in [2.24, 2.45) is 5.92 Å². The second kappa shape index (κ2) is 7.47. The van der Waals surface area contributed by atoms with Crippen LogP contribution >= 0.6 is 0 Å². The van der Waals surface area contributed by atoms with Gasteiger partial charge >= 0.3 is 6.09 Å². The molecular weight excluding hydrogens is 224 g/mol. The lowest BCUT2D eigenvalue weighted by atomic mass is 9.92. The van der Waals surface area contributed by atoms with E-state index in [1.54, 1.807) is 4.90 Å². The Hall–Kier alpha value is -0.850. The number of hydrogen-bond acceptors (Lipinski definition) is 5. The summed E-state index contributed by atoms with van der Waals surface area (Å²) in [6.07, 6.45) is 1.27. The van der Waals surface area contributed by atoms with Crippen LogP contribution in [-0.2, 0) is 4.74 Å². The maximum absolute atomic E-state index is 11.5. The van der Waals surface area contributed by atoms with Crippen LogP contribution in [0.4, 0.5) is 4.79 Å². The average Bonchev–Trinajstić information content (AvgIpc) is 2.35. The molecule has 2 unspecified atom stereocenters. The third-order valence-electron chi connectivity index (χ3n) is 3.05. The van der Waals surface area contributed by atoms with Crippen molar-refractivity contribution in [3.63, 3.8) is 0 Å². The van der Waals surface area contributed by atoms with Gasteiger partial charge in [0.15, 0.2) is 0 Å². The van der Waals surface area contributed by atoms with Crippen molar-refractivity contribution in [3.8, 4) is 0 Å². The van der Waals surface area contributed by atoms with Gasteiger partial charge in [-0.3, -0.25) is 0 Å². The van der Waals surface area contributed by atoms with Crippen LogP contribution < -0.4 is 5.32 Å². The summed E-state index contributed by atoms with van der Waals surface area (Å²) in [5, 5.41) is 20.9. The van der Waals surface area contributed by atoms with Crippen molar-refractivity contribution < 1.29 is 19.7 Å². The van der Waals surface area contributed by atoms with E-state index < -0.39 is 0 Å². The molecule has 17 heavy (non-hydrogen) atoms. The minimum atomic E-state index is -0.330. The Morgan fingerprint density at radius 1 is 1.41 bits per heavy atom. The first-order chi connectivity index (χ1) is 8.21. The molecule has 6 nitrogen and oxygen atoms in total. The highest BCUT2D eigenvalue weighted by Crippen LogP contribution is 2.20. The maximum Gasteiger partial charge on any atom is 0.409 e. The summed E-state index contributed by atoms with van der Waals surface area (Å²) in [6.45, 7) is 1.95. The van der Waals surface area contributed by atoms with E-state index in [9.17, 15) is 4.79 Å². The van der Waals surface area contributed by atoms with Crippen molar-refractivity contribution in [3.05, 3.63) is 0 Å². The second-order valence-corrected chi connectivity index (χ2v) is 4.36. The minimum absolute atomic E-state index is 0.0827. The molecule has 1 aliphatic rings. The van der Waals surface area contributed by atoms with Crippen molar-refractivity contribution in [1.82, 2.24) is 10.2 Å². The van der Waals surface area contributed by atoms with Gasteiger partial charge in [0.25, 0.3) is 0 Å². The topological polar surface area (TPSA) is 82.0 Å². The number of amides is 1. The predicted octanol–water partition coefficient (Wildman–Crippen LogP) is -0.592. The summed E-state index contributed by atoms with van der Waals surface area (Å²) >= 11 is 0. The van der Waals surface area contributed by atoms with Gasteiger partial charge in [-0.2, -0.15) is 0 Å². The second-order valence-electron chi connectivity index (χ2n) is 4.36. The Balaban J connectivity index is 2.52. The zero-order valence-electron chi connectivity index (χ0n) is 10.3. The quantitative estimate of drug-likeness (QED) is 0.604. The molecule has 0 spiro atoms. The highest BCUT2D eigenvalue weighted by Gasteiger charge is 2.29. The molecule has 100 valence electrons.